The summed E-state index contributed by atoms with van der Waals surface area (Å²) >= 11 is 11.9. The van der Waals surface area contributed by atoms with Gasteiger partial charge in [0.05, 0.1) is 21.2 Å². The number of amides is 1. The largest absolute Gasteiger partial charge is 0.419 e. The minimum Gasteiger partial charge on any atom is -0.408 e. The number of nitrogens with zero attached hydrogens (tertiary/aromatic N) is 1. The topological polar surface area (TPSA) is 90.3 Å². The molecule has 0 aliphatic heterocycles. The molecule has 0 bridgehead atoms. The number of benzene rings is 2. The number of hydrogen-bond acceptors (Lipinski definition) is 4. The molecule has 0 aliphatic carbocycles. The SMILES string of the molecule is Nc1c(Cl)cc(NC(=O)CCn2c(=O)oc3ccccc32)cc1Cl. The van der Waals surface area contributed by atoms with E-state index >= 15 is 0 Å². The number of anilines is 2. The first-order valence-electron chi connectivity index (χ1n) is 7.08. The normalized spacial score (nSPS) is 10.9. The van der Waals surface area contributed by atoms with E-state index in [1.807, 2.05) is 0 Å². The van der Waals surface area contributed by atoms with Gasteiger partial charge in [0.25, 0.3) is 0 Å². The summed E-state index contributed by atoms with van der Waals surface area (Å²) in [6.45, 7) is 0.193. The zero-order valence-corrected chi connectivity index (χ0v) is 13.9. The molecule has 0 unspecified atom stereocenters. The van der Waals surface area contributed by atoms with Gasteiger partial charge in [-0.3, -0.25) is 9.36 Å². The molecule has 24 heavy (non-hydrogen) atoms. The molecule has 3 N–H and O–H groups in total. The molecule has 0 aliphatic rings. The molecule has 3 aromatic rings. The number of aryl methyl sites for hydroxylation is 1. The van der Waals surface area contributed by atoms with Gasteiger partial charge in [-0.25, -0.2) is 4.79 Å². The van der Waals surface area contributed by atoms with Crippen LogP contribution in [0.2, 0.25) is 10.0 Å². The Bertz CT molecular complexity index is 955. The molecule has 0 saturated carbocycles. The minimum atomic E-state index is -0.498. The Morgan fingerprint density at radius 2 is 1.88 bits per heavy atom. The van der Waals surface area contributed by atoms with Crippen molar-refractivity contribution in [2.24, 2.45) is 0 Å². The number of aromatic nitrogens is 1. The number of carbonyl (C=O) groups is 1. The summed E-state index contributed by atoms with van der Waals surface area (Å²) in [4.78, 5) is 23.9. The molecule has 124 valence electrons. The number of nitrogen functional groups attached to an aromatic ring is 1. The zero-order valence-electron chi connectivity index (χ0n) is 12.4. The highest BCUT2D eigenvalue weighted by Crippen LogP contribution is 2.31. The van der Waals surface area contributed by atoms with Crippen molar-refractivity contribution in [3.63, 3.8) is 0 Å². The molecule has 0 fully saturated rings. The van der Waals surface area contributed by atoms with Crippen molar-refractivity contribution in [3.8, 4) is 0 Å². The van der Waals surface area contributed by atoms with Crippen LogP contribution >= 0.6 is 23.2 Å². The van der Waals surface area contributed by atoms with Gasteiger partial charge >= 0.3 is 5.76 Å². The lowest BCUT2D eigenvalue weighted by atomic mass is 10.2. The molecular formula is C16H13Cl2N3O3. The van der Waals surface area contributed by atoms with Crippen LogP contribution in [0.25, 0.3) is 11.1 Å². The Hall–Kier alpha value is -2.44. The first-order valence-corrected chi connectivity index (χ1v) is 7.84. The van der Waals surface area contributed by atoms with E-state index in [0.717, 1.165) is 0 Å². The van der Waals surface area contributed by atoms with Crippen LogP contribution in [0.3, 0.4) is 0 Å². The van der Waals surface area contributed by atoms with Crippen molar-refractivity contribution in [2.45, 2.75) is 13.0 Å². The van der Waals surface area contributed by atoms with Crippen molar-refractivity contribution in [1.29, 1.82) is 0 Å². The quantitative estimate of drug-likeness (QED) is 0.692. The first-order chi connectivity index (χ1) is 11.5. The molecule has 1 heterocycles. The lowest BCUT2D eigenvalue weighted by Crippen LogP contribution is -2.19. The van der Waals surface area contributed by atoms with E-state index in [4.69, 9.17) is 33.4 Å². The fraction of sp³-hybridized carbons (Fsp3) is 0.125. The van der Waals surface area contributed by atoms with Gasteiger partial charge in [0.15, 0.2) is 5.58 Å². The molecule has 0 radical (unpaired) electrons. The molecule has 1 aromatic heterocycles. The van der Waals surface area contributed by atoms with Crippen molar-refractivity contribution in [2.75, 3.05) is 11.1 Å². The summed E-state index contributed by atoms with van der Waals surface area (Å²) in [5.74, 6) is -0.786. The van der Waals surface area contributed by atoms with E-state index in [9.17, 15) is 9.59 Å². The highest BCUT2D eigenvalue weighted by atomic mass is 35.5. The van der Waals surface area contributed by atoms with Crippen LogP contribution < -0.4 is 16.8 Å². The third kappa shape index (κ3) is 3.25. The average Bonchev–Trinajstić information content (AvgIpc) is 2.86. The first kappa shape index (κ1) is 16.4. The van der Waals surface area contributed by atoms with Crippen molar-refractivity contribution in [1.82, 2.24) is 4.57 Å². The summed E-state index contributed by atoms with van der Waals surface area (Å²) in [6.07, 6.45) is 0.0864. The van der Waals surface area contributed by atoms with Gasteiger partial charge in [0.2, 0.25) is 5.91 Å². The molecule has 2 aromatic carbocycles. The average molecular weight is 366 g/mol. The summed E-state index contributed by atoms with van der Waals surface area (Å²) in [6, 6.07) is 10.1. The molecule has 0 spiro atoms. The number of nitrogens with one attached hydrogen (secondary N) is 1. The Labute approximate surface area is 146 Å². The summed E-state index contributed by atoms with van der Waals surface area (Å²) in [7, 11) is 0. The molecular weight excluding hydrogens is 353 g/mol. The number of para-hydroxylation sites is 2. The van der Waals surface area contributed by atoms with E-state index in [1.165, 1.54) is 16.7 Å². The number of rotatable bonds is 4. The van der Waals surface area contributed by atoms with Gasteiger partial charge < -0.3 is 15.5 Å². The van der Waals surface area contributed by atoms with Crippen LogP contribution in [0.4, 0.5) is 11.4 Å². The van der Waals surface area contributed by atoms with Gasteiger partial charge in [-0.15, -0.1) is 0 Å². The summed E-state index contributed by atoms with van der Waals surface area (Å²) < 4.78 is 6.54. The lowest BCUT2D eigenvalue weighted by Gasteiger charge is -2.08. The third-order valence-corrected chi connectivity index (χ3v) is 4.12. The Morgan fingerprint density at radius 1 is 1.21 bits per heavy atom. The van der Waals surface area contributed by atoms with E-state index < -0.39 is 5.76 Å². The summed E-state index contributed by atoms with van der Waals surface area (Å²) in [5.41, 5.74) is 7.48. The Kier molecular flexibility index (Phi) is 4.51. The van der Waals surface area contributed by atoms with Crippen LogP contribution in [0.15, 0.2) is 45.6 Å². The number of fused-ring (bicyclic) bond motifs is 1. The molecule has 0 atom stereocenters. The number of halogens is 2. The Morgan fingerprint density at radius 3 is 2.58 bits per heavy atom. The molecule has 8 heteroatoms. The van der Waals surface area contributed by atoms with Crippen LogP contribution in [-0.2, 0) is 11.3 Å². The molecule has 0 saturated heterocycles. The van der Waals surface area contributed by atoms with E-state index in [1.54, 1.807) is 24.3 Å². The highest BCUT2D eigenvalue weighted by Gasteiger charge is 2.11. The van der Waals surface area contributed by atoms with Crippen LogP contribution in [0.1, 0.15) is 6.42 Å². The smallest absolute Gasteiger partial charge is 0.408 e. The highest BCUT2D eigenvalue weighted by molar-refractivity contribution is 6.39. The van der Waals surface area contributed by atoms with Gasteiger partial charge in [-0.05, 0) is 24.3 Å². The van der Waals surface area contributed by atoms with Gasteiger partial charge in [-0.2, -0.15) is 0 Å². The minimum absolute atomic E-state index is 0.0864. The number of nitrogens with two attached hydrogens (primary N) is 1. The molecule has 6 nitrogen and oxygen atoms in total. The predicted octanol–water partition coefficient (Wildman–Crippen LogP) is 3.51. The second-order valence-corrected chi connectivity index (χ2v) is 5.95. The zero-order chi connectivity index (χ0) is 17.3. The summed E-state index contributed by atoms with van der Waals surface area (Å²) in [5, 5.41) is 3.19. The van der Waals surface area contributed by atoms with Crippen molar-refractivity contribution in [3.05, 3.63) is 57.0 Å². The standard InChI is InChI=1S/C16H13Cl2N3O3/c17-10-7-9(8-11(18)15(10)19)20-14(22)5-6-21-12-3-1-2-4-13(12)24-16(21)23/h1-4,7-8H,5-6,19H2,(H,20,22). The van der Waals surface area contributed by atoms with Gasteiger partial charge in [0, 0.05) is 18.7 Å². The second kappa shape index (κ2) is 6.59. The maximum Gasteiger partial charge on any atom is 0.419 e. The van der Waals surface area contributed by atoms with Gasteiger partial charge in [-0.1, -0.05) is 35.3 Å². The van der Waals surface area contributed by atoms with Gasteiger partial charge in [0.1, 0.15) is 0 Å². The number of oxazole rings is 1. The fourth-order valence-corrected chi connectivity index (χ4v) is 2.81. The molecule has 1 amide bonds. The number of carbonyl (C=O) groups excluding carboxylic acids is 1. The van der Waals surface area contributed by atoms with Crippen LogP contribution in [0, 0.1) is 0 Å². The van der Waals surface area contributed by atoms with E-state index in [2.05, 4.69) is 5.32 Å². The second-order valence-electron chi connectivity index (χ2n) is 5.14. The molecule has 3 rings (SSSR count). The maximum atomic E-state index is 12.1. The lowest BCUT2D eigenvalue weighted by molar-refractivity contribution is -0.116. The van der Waals surface area contributed by atoms with E-state index in [-0.39, 0.29) is 34.6 Å². The monoisotopic (exact) mass is 365 g/mol. The third-order valence-electron chi connectivity index (χ3n) is 3.50. The maximum absolute atomic E-state index is 12.1. The van der Waals surface area contributed by atoms with Crippen molar-refractivity contribution >= 4 is 51.6 Å². The van der Waals surface area contributed by atoms with E-state index in [0.29, 0.717) is 16.8 Å². The fourth-order valence-electron chi connectivity index (χ4n) is 2.32. The van der Waals surface area contributed by atoms with Crippen LogP contribution in [0.5, 0.6) is 0 Å². The predicted molar refractivity (Wildman–Crippen MR) is 94.6 cm³/mol. The van der Waals surface area contributed by atoms with Crippen molar-refractivity contribution < 1.29 is 9.21 Å². The Balaban J connectivity index is 1.72. The number of hydrogen-bond donors (Lipinski definition) is 2. The van der Waals surface area contributed by atoms with Crippen LogP contribution in [-0.4, -0.2) is 10.5 Å².